The summed E-state index contributed by atoms with van der Waals surface area (Å²) in [7, 11) is 0. The zero-order valence-corrected chi connectivity index (χ0v) is 21.2. The standard InChI is InChI=1S/C31H30N4O3/c36-31(37-21-23-10-5-2-6-11-23)35-15-7-12-26(35)19-25-20-32-28-14-13-24(16-27(25)28)18-30-33-29(34-38-30)17-22-8-3-1-4-9-22/h1-6,8-11,13-14,16,20,26,32H,7,12,15,17-19,21H2/t26-/m1/s1. The second kappa shape index (κ2) is 10.9. The molecule has 1 N–H and O–H groups in total. The van der Waals surface area contributed by atoms with Crippen LogP contribution in [0.2, 0.25) is 0 Å². The van der Waals surface area contributed by atoms with E-state index in [1.807, 2.05) is 53.4 Å². The molecule has 0 aliphatic carbocycles. The number of carbonyl (C=O) groups excluding carboxylic acids is 1. The molecule has 192 valence electrons. The highest BCUT2D eigenvalue weighted by molar-refractivity contribution is 5.84. The van der Waals surface area contributed by atoms with E-state index in [0.717, 1.165) is 53.4 Å². The predicted octanol–water partition coefficient (Wildman–Crippen LogP) is 6.08. The van der Waals surface area contributed by atoms with Crippen molar-refractivity contribution in [1.82, 2.24) is 20.0 Å². The van der Waals surface area contributed by atoms with Gasteiger partial charge < -0.3 is 19.1 Å². The number of likely N-dealkylation sites (tertiary alicyclic amines) is 1. The van der Waals surface area contributed by atoms with Crippen LogP contribution in [0.25, 0.3) is 10.9 Å². The number of amides is 1. The number of nitrogens with one attached hydrogen (secondary N) is 1. The number of ether oxygens (including phenoxy) is 1. The van der Waals surface area contributed by atoms with Gasteiger partial charge in [0.15, 0.2) is 5.82 Å². The number of aromatic nitrogens is 3. The van der Waals surface area contributed by atoms with Crippen LogP contribution >= 0.6 is 0 Å². The van der Waals surface area contributed by atoms with E-state index in [1.165, 1.54) is 5.56 Å². The fraction of sp³-hybridized carbons (Fsp3) is 0.258. The minimum absolute atomic E-state index is 0.123. The van der Waals surface area contributed by atoms with E-state index in [-0.39, 0.29) is 12.1 Å². The average Bonchev–Trinajstić information content (AvgIpc) is 3.70. The smallest absolute Gasteiger partial charge is 0.410 e. The summed E-state index contributed by atoms with van der Waals surface area (Å²) >= 11 is 0. The summed E-state index contributed by atoms with van der Waals surface area (Å²) < 4.78 is 11.2. The Hall–Kier alpha value is -4.39. The quantitative estimate of drug-likeness (QED) is 0.276. The number of H-pyrrole nitrogens is 1. The molecule has 0 unspecified atom stereocenters. The lowest BCUT2D eigenvalue weighted by Gasteiger charge is -2.24. The van der Waals surface area contributed by atoms with Crippen LogP contribution in [0.1, 0.15) is 46.8 Å². The molecule has 0 spiro atoms. The van der Waals surface area contributed by atoms with Crippen LogP contribution in [0.5, 0.6) is 0 Å². The number of benzene rings is 3. The molecule has 7 heteroatoms. The van der Waals surface area contributed by atoms with E-state index >= 15 is 0 Å². The summed E-state index contributed by atoms with van der Waals surface area (Å²) in [4.78, 5) is 22.7. The number of aromatic amines is 1. The Balaban J connectivity index is 1.12. The molecular formula is C31H30N4O3. The summed E-state index contributed by atoms with van der Waals surface area (Å²) in [5.74, 6) is 1.30. The molecular weight excluding hydrogens is 476 g/mol. The number of hydrogen-bond donors (Lipinski definition) is 1. The third-order valence-electron chi connectivity index (χ3n) is 7.17. The number of nitrogens with zero attached hydrogens (tertiary/aromatic N) is 3. The predicted molar refractivity (Wildman–Crippen MR) is 145 cm³/mol. The van der Waals surface area contributed by atoms with Crippen LogP contribution in [-0.4, -0.2) is 38.7 Å². The van der Waals surface area contributed by atoms with Gasteiger partial charge in [0.05, 0.1) is 6.42 Å². The van der Waals surface area contributed by atoms with E-state index in [9.17, 15) is 4.79 Å². The molecule has 0 radical (unpaired) electrons. The van der Waals surface area contributed by atoms with Gasteiger partial charge in [0, 0.05) is 36.1 Å². The molecule has 1 atom stereocenters. The van der Waals surface area contributed by atoms with Crippen molar-refractivity contribution in [2.45, 2.75) is 44.8 Å². The number of fused-ring (bicyclic) bond motifs is 1. The van der Waals surface area contributed by atoms with Crippen LogP contribution in [0.15, 0.2) is 89.6 Å². The summed E-state index contributed by atoms with van der Waals surface area (Å²) in [6.07, 6.45) is 5.79. The fourth-order valence-corrected chi connectivity index (χ4v) is 5.24. The molecule has 6 rings (SSSR count). The molecule has 1 aliphatic rings. The van der Waals surface area contributed by atoms with Gasteiger partial charge in [-0.3, -0.25) is 0 Å². The zero-order chi connectivity index (χ0) is 25.7. The van der Waals surface area contributed by atoms with Gasteiger partial charge in [-0.1, -0.05) is 71.9 Å². The molecule has 1 saturated heterocycles. The highest BCUT2D eigenvalue weighted by atomic mass is 16.6. The molecule has 5 aromatic rings. The molecule has 1 amide bonds. The van der Waals surface area contributed by atoms with Gasteiger partial charge in [0.25, 0.3) is 0 Å². The summed E-state index contributed by atoms with van der Waals surface area (Å²) in [5.41, 5.74) is 5.54. The van der Waals surface area contributed by atoms with Gasteiger partial charge in [-0.15, -0.1) is 0 Å². The Bertz CT molecular complexity index is 1510. The van der Waals surface area contributed by atoms with Crippen molar-refractivity contribution >= 4 is 17.0 Å². The topological polar surface area (TPSA) is 84.2 Å². The minimum Gasteiger partial charge on any atom is -0.445 e. The monoisotopic (exact) mass is 506 g/mol. The third kappa shape index (κ3) is 5.47. The van der Waals surface area contributed by atoms with Crippen molar-refractivity contribution in [1.29, 1.82) is 0 Å². The Morgan fingerprint density at radius 2 is 1.76 bits per heavy atom. The molecule has 1 fully saturated rings. The lowest BCUT2D eigenvalue weighted by molar-refractivity contribution is 0.0921. The second-order valence-electron chi connectivity index (χ2n) is 9.87. The molecule has 38 heavy (non-hydrogen) atoms. The largest absolute Gasteiger partial charge is 0.445 e. The Kier molecular flexibility index (Phi) is 6.89. The molecule has 0 bridgehead atoms. The Morgan fingerprint density at radius 1 is 0.974 bits per heavy atom. The van der Waals surface area contributed by atoms with Gasteiger partial charge >= 0.3 is 6.09 Å². The van der Waals surface area contributed by atoms with E-state index in [0.29, 0.717) is 31.2 Å². The van der Waals surface area contributed by atoms with Gasteiger partial charge in [-0.05, 0) is 53.6 Å². The van der Waals surface area contributed by atoms with Crippen molar-refractivity contribution in [3.05, 3.63) is 119 Å². The highest BCUT2D eigenvalue weighted by Gasteiger charge is 2.30. The third-order valence-corrected chi connectivity index (χ3v) is 7.17. The summed E-state index contributed by atoms with van der Waals surface area (Å²) in [6, 6.07) is 26.4. The maximum Gasteiger partial charge on any atom is 0.410 e. The normalized spacial score (nSPS) is 15.3. The average molecular weight is 507 g/mol. The zero-order valence-electron chi connectivity index (χ0n) is 21.2. The van der Waals surface area contributed by atoms with E-state index in [4.69, 9.17) is 9.26 Å². The van der Waals surface area contributed by atoms with Crippen LogP contribution in [0, 0.1) is 0 Å². The van der Waals surface area contributed by atoms with E-state index in [2.05, 4.69) is 51.7 Å². The van der Waals surface area contributed by atoms with Gasteiger partial charge in [-0.2, -0.15) is 4.98 Å². The number of rotatable bonds is 8. The van der Waals surface area contributed by atoms with Crippen molar-refractivity contribution in [2.24, 2.45) is 0 Å². The van der Waals surface area contributed by atoms with Crippen molar-refractivity contribution in [2.75, 3.05) is 6.54 Å². The Labute approximate surface area is 221 Å². The molecule has 2 aromatic heterocycles. The number of carbonyl (C=O) groups is 1. The SMILES string of the molecule is O=C(OCc1ccccc1)N1CCC[C@@H]1Cc1c[nH]c2ccc(Cc3nc(Cc4ccccc4)no3)cc12. The molecule has 7 nitrogen and oxygen atoms in total. The van der Waals surface area contributed by atoms with Crippen molar-refractivity contribution in [3.8, 4) is 0 Å². The first-order chi connectivity index (χ1) is 18.7. The van der Waals surface area contributed by atoms with Crippen LogP contribution in [-0.2, 0) is 30.6 Å². The van der Waals surface area contributed by atoms with E-state index in [1.54, 1.807) is 0 Å². The van der Waals surface area contributed by atoms with Gasteiger partial charge in [0.2, 0.25) is 5.89 Å². The first-order valence-electron chi connectivity index (χ1n) is 13.1. The van der Waals surface area contributed by atoms with Crippen LogP contribution < -0.4 is 0 Å². The molecule has 3 heterocycles. The molecule has 3 aromatic carbocycles. The first kappa shape index (κ1) is 24.0. The first-order valence-corrected chi connectivity index (χ1v) is 13.1. The minimum atomic E-state index is -0.236. The summed E-state index contributed by atoms with van der Waals surface area (Å²) in [6.45, 7) is 1.02. The lowest BCUT2D eigenvalue weighted by Crippen LogP contribution is -2.37. The molecule has 0 saturated carbocycles. The lowest BCUT2D eigenvalue weighted by atomic mass is 10.0. The van der Waals surface area contributed by atoms with Gasteiger partial charge in [-0.25, -0.2) is 4.79 Å². The number of hydrogen-bond acceptors (Lipinski definition) is 5. The van der Waals surface area contributed by atoms with Crippen molar-refractivity contribution in [3.63, 3.8) is 0 Å². The Morgan fingerprint density at radius 3 is 2.58 bits per heavy atom. The maximum absolute atomic E-state index is 12.9. The highest BCUT2D eigenvalue weighted by Crippen LogP contribution is 2.27. The molecule has 1 aliphatic heterocycles. The fourth-order valence-electron chi connectivity index (χ4n) is 5.24. The summed E-state index contributed by atoms with van der Waals surface area (Å²) in [5, 5.41) is 5.33. The van der Waals surface area contributed by atoms with Crippen LogP contribution in [0.4, 0.5) is 4.79 Å². The van der Waals surface area contributed by atoms with E-state index < -0.39 is 0 Å². The van der Waals surface area contributed by atoms with Crippen LogP contribution in [0.3, 0.4) is 0 Å². The van der Waals surface area contributed by atoms with Crippen molar-refractivity contribution < 1.29 is 14.1 Å². The maximum atomic E-state index is 12.9. The second-order valence-corrected chi connectivity index (χ2v) is 9.87. The van der Waals surface area contributed by atoms with Gasteiger partial charge in [0.1, 0.15) is 6.61 Å².